The minimum Gasteiger partial charge on any atom is -0.118 e. The van der Waals surface area contributed by atoms with Crippen molar-refractivity contribution in [2.24, 2.45) is 0 Å². The van der Waals surface area contributed by atoms with E-state index in [1.54, 1.807) is 0 Å². The Morgan fingerprint density at radius 2 is 0.511 bits per heavy atom. The molecule has 0 fully saturated rings. The van der Waals surface area contributed by atoms with Gasteiger partial charge in [0.1, 0.15) is 0 Å². The molecule has 0 aliphatic heterocycles. The van der Waals surface area contributed by atoms with E-state index >= 15 is 0 Å². The van der Waals surface area contributed by atoms with Crippen LogP contribution in [0.3, 0.4) is 0 Å². The van der Waals surface area contributed by atoms with E-state index in [1.165, 1.54) is 197 Å². The third-order valence-electron chi connectivity index (χ3n) is 9.39. The van der Waals surface area contributed by atoms with Crippen LogP contribution in [0.5, 0.6) is 0 Å². The third kappa shape index (κ3) is 44.2. The number of hydrogen-bond acceptors (Lipinski definition) is 0. The average molecular weight is 755 g/mol. The molecule has 0 aromatic carbocycles. The van der Waals surface area contributed by atoms with Crippen molar-refractivity contribution in [2.45, 2.75) is 257 Å². The summed E-state index contributed by atoms with van der Waals surface area (Å²) in [5.74, 6) is 0. The number of hydrogen-bond donors (Lipinski definition) is 0. The van der Waals surface area contributed by atoms with E-state index in [9.17, 15) is 0 Å². The Balaban J connectivity index is -0.000000618. The summed E-state index contributed by atoms with van der Waals surface area (Å²) in [7, 11) is 6.01. The maximum absolute atomic E-state index is 2.47. The average Bonchev–Trinajstić information content (AvgIpc) is 3.05. The molecule has 0 radical (unpaired) electrons. The fourth-order valence-corrected chi connectivity index (χ4v) is 14.7. The fourth-order valence-electron chi connectivity index (χ4n) is 6.13. The Hall–Kier alpha value is 2.15. The molecule has 10 atom stereocenters. The minimum absolute atomic E-state index is 0.980. The smallest absolute Gasteiger partial charge is 0.00613 e. The Morgan fingerprint density at radius 1 is 0.298 bits per heavy atom. The first-order valence-corrected chi connectivity index (χ1v) is 27.9. The highest BCUT2D eigenvalue weighted by Crippen LogP contribution is 2.41. The van der Waals surface area contributed by atoms with Crippen molar-refractivity contribution in [3.8, 4) is 0 Å². The first-order valence-electron chi connectivity index (χ1n) is 21.3. The molecule has 0 saturated carbocycles. The van der Waals surface area contributed by atoms with Gasteiger partial charge in [0.05, 0.1) is 0 Å². The van der Waals surface area contributed by atoms with E-state index in [1.807, 2.05) is 0 Å². The summed E-state index contributed by atoms with van der Waals surface area (Å²) in [5, 5.41) is 2.12. The maximum Gasteiger partial charge on any atom is -0.00613 e. The molecule has 0 nitrogen and oxygen atoms in total. The lowest BCUT2D eigenvalue weighted by Crippen LogP contribution is -2.02. The molecule has 0 spiro atoms. The topological polar surface area (TPSA) is 0 Å². The standard InChI is InChI=1S/2C14H32P2.C14H31P/c2*1-5-7-9-11-13(3)16-14(15-4)12-10-8-6-2;1-5-7-9-11-13(3)15-14(4)12-10-8-6-2/h2*13-16H,5-12H2,1-4H3;13-15H,5-12H2,1-4H3. The van der Waals surface area contributed by atoms with Crippen LogP contribution in [-0.4, -0.2) is 46.8 Å². The SMILES string of the molecule is CCCCCC(C)PC(C)CCCCC.CCCCCC(C)PC(CCCCC)PC.CCCCCC(C)PC(CCCCC)PC. The second-order valence-corrected chi connectivity index (χ2v) is 24.8. The van der Waals surface area contributed by atoms with Gasteiger partial charge in [-0.2, -0.15) is 0 Å². The number of unbranched alkanes of at least 4 members (excludes halogenated alkanes) is 12. The van der Waals surface area contributed by atoms with Crippen LogP contribution in [0.25, 0.3) is 0 Å². The Labute approximate surface area is 311 Å². The molecule has 0 aromatic rings. The lowest BCUT2D eigenvalue weighted by atomic mass is 10.2. The summed E-state index contributed by atoms with van der Waals surface area (Å²) in [6.07, 6.45) is 34.4. The monoisotopic (exact) mass is 755 g/mol. The lowest BCUT2D eigenvalue weighted by Gasteiger charge is -2.20. The van der Waals surface area contributed by atoms with Gasteiger partial charge in [0.25, 0.3) is 0 Å². The summed E-state index contributed by atoms with van der Waals surface area (Å²) >= 11 is 0. The van der Waals surface area contributed by atoms with Crippen molar-refractivity contribution < 1.29 is 0 Å². The molecule has 0 saturated heterocycles. The molecule has 5 heteroatoms. The predicted molar refractivity (Wildman–Crippen MR) is 244 cm³/mol. The fraction of sp³-hybridized carbons (Fsp3) is 1.00. The maximum atomic E-state index is 2.47. The Bertz CT molecular complexity index is 499. The molecule has 0 aliphatic rings. The van der Waals surface area contributed by atoms with Crippen molar-refractivity contribution in [3.63, 3.8) is 0 Å². The van der Waals surface area contributed by atoms with Crippen molar-refractivity contribution in [1.29, 1.82) is 0 Å². The van der Waals surface area contributed by atoms with Crippen molar-refractivity contribution in [1.82, 2.24) is 0 Å². The van der Waals surface area contributed by atoms with Gasteiger partial charge in [0.2, 0.25) is 0 Å². The van der Waals surface area contributed by atoms with Gasteiger partial charge in [-0.3, -0.25) is 0 Å². The highest BCUT2D eigenvalue weighted by atomic mass is 31.1. The van der Waals surface area contributed by atoms with Crippen LogP contribution in [0.1, 0.15) is 223 Å². The predicted octanol–water partition coefficient (Wildman–Crippen LogP) is 17.3. The summed E-state index contributed by atoms with van der Waals surface area (Å²) < 4.78 is 0. The van der Waals surface area contributed by atoms with Crippen LogP contribution in [0, 0.1) is 0 Å². The van der Waals surface area contributed by atoms with Gasteiger partial charge in [-0.15, -0.1) is 42.9 Å². The molecule has 0 bridgehead atoms. The van der Waals surface area contributed by atoms with Gasteiger partial charge < -0.3 is 0 Å². The molecule has 0 rings (SSSR count). The lowest BCUT2D eigenvalue weighted by molar-refractivity contribution is 0.644. The highest BCUT2D eigenvalue weighted by Gasteiger charge is 2.12. The van der Waals surface area contributed by atoms with Gasteiger partial charge >= 0.3 is 0 Å². The van der Waals surface area contributed by atoms with Crippen molar-refractivity contribution in [3.05, 3.63) is 0 Å². The largest absolute Gasteiger partial charge is 0.118 e. The van der Waals surface area contributed by atoms with Crippen molar-refractivity contribution >= 4 is 42.9 Å². The Morgan fingerprint density at radius 3 is 0.723 bits per heavy atom. The zero-order valence-electron chi connectivity index (χ0n) is 34.9. The van der Waals surface area contributed by atoms with Gasteiger partial charge in [0.15, 0.2) is 0 Å². The van der Waals surface area contributed by atoms with E-state index in [2.05, 4.69) is 82.6 Å². The van der Waals surface area contributed by atoms with Crippen molar-refractivity contribution in [2.75, 3.05) is 13.3 Å². The quantitative estimate of drug-likeness (QED) is 0.0474. The molecular weight excluding hydrogens is 659 g/mol. The Kier molecular flexibility index (Phi) is 50.4. The molecule has 0 heterocycles. The van der Waals surface area contributed by atoms with E-state index in [-0.39, 0.29) is 0 Å². The first kappa shape index (κ1) is 53.5. The summed E-state index contributed by atoms with van der Waals surface area (Å²) in [5.41, 5.74) is 3.94. The zero-order valence-corrected chi connectivity index (χ0v) is 39.9. The molecule has 0 aromatic heterocycles. The van der Waals surface area contributed by atoms with Gasteiger partial charge in [-0.25, -0.2) is 0 Å². The van der Waals surface area contributed by atoms with Gasteiger partial charge in [-0.1, -0.05) is 185 Å². The third-order valence-corrected chi connectivity index (χ3v) is 18.9. The molecular formula is C42H95P5. The first-order chi connectivity index (χ1) is 22.7. The van der Waals surface area contributed by atoms with E-state index in [0.29, 0.717) is 0 Å². The highest BCUT2D eigenvalue weighted by molar-refractivity contribution is 7.57. The van der Waals surface area contributed by atoms with Crippen LogP contribution in [0.2, 0.25) is 0 Å². The second-order valence-electron chi connectivity index (χ2n) is 14.8. The molecule has 0 N–H and O–H groups in total. The normalized spacial score (nSPS) is 16.3. The molecule has 0 amide bonds. The minimum atomic E-state index is 0.980. The van der Waals surface area contributed by atoms with Crippen LogP contribution in [-0.2, 0) is 0 Å². The van der Waals surface area contributed by atoms with E-state index in [0.717, 1.165) is 33.4 Å². The van der Waals surface area contributed by atoms with Crippen LogP contribution < -0.4 is 0 Å². The van der Waals surface area contributed by atoms with Crippen LogP contribution in [0.4, 0.5) is 0 Å². The molecule has 288 valence electrons. The summed E-state index contributed by atoms with van der Waals surface area (Å²) in [6.45, 7) is 28.4. The number of rotatable bonds is 32. The molecule has 47 heavy (non-hydrogen) atoms. The van der Waals surface area contributed by atoms with Crippen LogP contribution >= 0.6 is 42.9 Å². The molecule has 0 aliphatic carbocycles. The van der Waals surface area contributed by atoms with E-state index < -0.39 is 0 Å². The van der Waals surface area contributed by atoms with Crippen LogP contribution in [0.15, 0.2) is 0 Å². The van der Waals surface area contributed by atoms with E-state index in [4.69, 9.17) is 0 Å². The van der Waals surface area contributed by atoms with Gasteiger partial charge in [-0.05, 0) is 85.3 Å². The summed E-state index contributed by atoms with van der Waals surface area (Å²) in [4.78, 5) is 0. The second kappa shape index (κ2) is 44.3. The summed E-state index contributed by atoms with van der Waals surface area (Å²) in [6, 6.07) is 0. The molecule has 10 unspecified atom stereocenters. The van der Waals surface area contributed by atoms with Gasteiger partial charge in [0, 0.05) is 0 Å². The zero-order chi connectivity index (χ0) is 36.0.